The van der Waals surface area contributed by atoms with Crippen LogP contribution in [0.1, 0.15) is 58.4 Å². The van der Waals surface area contributed by atoms with E-state index in [9.17, 15) is 9.59 Å². The first-order chi connectivity index (χ1) is 17.0. The van der Waals surface area contributed by atoms with Crippen LogP contribution in [0.2, 0.25) is 0 Å². The maximum atomic E-state index is 13.2. The van der Waals surface area contributed by atoms with Crippen LogP contribution in [0.5, 0.6) is 0 Å². The zero-order valence-electron chi connectivity index (χ0n) is 22.6. The lowest BCUT2D eigenvalue weighted by Gasteiger charge is -2.24. The lowest BCUT2D eigenvalue weighted by atomic mass is 9.92. The number of aryl methyl sites for hydroxylation is 2. The average molecular weight is 490 g/mol. The highest BCUT2D eigenvalue weighted by atomic mass is 16.2. The monoisotopic (exact) mass is 489 g/mol. The summed E-state index contributed by atoms with van der Waals surface area (Å²) in [6, 6.07) is 17.3. The van der Waals surface area contributed by atoms with E-state index in [4.69, 9.17) is 5.10 Å². The Labute approximate surface area is 214 Å². The van der Waals surface area contributed by atoms with Crippen molar-refractivity contribution in [1.29, 1.82) is 0 Å². The summed E-state index contributed by atoms with van der Waals surface area (Å²) in [5.74, 6) is 0.508. The SMILES string of the molecule is CCc1ccc(NC(=O)N(CC(=O)Nc2cc(C(C)(C)C)nn2-c2cccc(C)c2)CC(C)C)cc1. The smallest absolute Gasteiger partial charge is 0.315 e. The van der Waals surface area contributed by atoms with Crippen LogP contribution in [-0.2, 0) is 16.6 Å². The minimum Gasteiger partial charge on any atom is -0.315 e. The molecule has 2 aromatic carbocycles. The molecule has 0 bridgehead atoms. The summed E-state index contributed by atoms with van der Waals surface area (Å²) in [7, 11) is 0. The van der Waals surface area contributed by atoms with Crippen molar-refractivity contribution in [3.63, 3.8) is 0 Å². The first-order valence-electron chi connectivity index (χ1n) is 12.6. The number of amides is 3. The van der Waals surface area contributed by atoms with Crippen molar-refractivity contribution in [2.45, 2.75) is 60.3 Å². The number of carbonyl (C=O) groups is 2. The molecule has 0 atom stereocenters. The summed E-state index contributed by atoms with van der Waals surface area (Å²) in [4.78, 5) is 27.8. The fraction of sp³-hybridized carbons (Fsp3) is 0.414. The van der Waals surface area contributed by atoms with Crippen LogP contribution in [-0.4, -0.2) is 39.7 Å². The first-order valence-corrected chi connectivity index (χ1v) is 12.6. The number of anilines is 2. The van der Waals surface area contributed by atoms with Gasteiger partial charge in [-0.2, -0.15) is 5.10 Å². The number of hydrogen-bond donors (Lipinski definition) is 2. The van der Waals surface area contributed by atoms with Gasteiger partial charge in [-0.15, -0.1) is 0 Å². The molecule has 0 spiro atoms. The van der Waals surface area contributed by atoms with Crippen LogP contribution in [0.4, 0.5) is 16.3 Å². The van der Waals surface area contributed by atoms with E-state index >= 15 is 0 Å². The molecule has 36 heavy (non-hydrogen) atoms. The Morgan fingerprint density at radius 1 is 1.03 bits per heavy atom. The fourth-order valence-electron chi connectivity index (χ4n) is 3.84. The van der Waals surface area contributed by atoms with Gasteiger partial charge in [-0.1, -0.05) is 65.8 Å². The molecule has 1 heterocycles. The van der Waals surface area contributed by atoms with Gasteiger partial charge in [0, 0.05) is 23.7 Å². The number of benzene rings is 2. The van der Waals surface area contributed by atoms with E-state index in [1.54, 1.807) is 9.58 Å². The number of aromatic nitrogens is 2. The van der Waals surface area contributed by atoms with Crippen molar-refractivity contribution in [2.75, 3.05) is 23.7 Å². The Bertz CT molecular complexity index is 1190. The largest absolute Gasteiger partial charge is 0.322 e. The quantitative estimate of drug-likeness (QED) is 0.397. The zero-order chi connectivity index (χ0) is 26.5. The van der Waals surface area contributed by atoms with Gasteiger partial charge in [0.2, 0.25) is 5.91 Å². The average Bonchev–Trinajstić information content (AvgIpc) is 3.23. The van der Waals surface area contributed by atoms with Gasteiger partial charge in [0.05, 0.1) is 11.4 Å². The molecule has 0 saturated carbocycles. The maximum absolute atomic E-state index is 13.2. The summed E-state index contributed by atoms with van der Waals surface area (Å²) in [6.45, 7) is 14.8. The molecule has 7 heteroatoms. The van der Waals surface area contributed by atoms with Crippen LogP contribution in [0, 0.1) is 12.8 Å². The molecule has 192 valence electrons. The molecule has 0 aliphatic heterocycles. The molecule has 0 unspecified atom stereocenters. The number of nitrogens with zero attached hydrogens (tertiary/aromatic N) is 3. The summed E-state index contributed by atoms with van der Waals surface area (Å²) < 4.78 is 1.76. The summed E-state index contributed by atoms with van der Waals surface area (Å²) in [5, 5.41) is 10.7. The van der Waals surface area contributed by atoms with E-state index in [0.29, 0.717) is 18.1 Å². The van der Waals surface area contributed by atoms with Crippen molar-refractivity contribution in [3.8, 4) is 5.69 Å². The molecular weight excluding hydrogens is 450 g/mol. The highest BCUT2D eigenvalue weighted by Crippen LogP contribution is 2.26. The van der Waals surface area contributed by atoms with E-state index in [1.165, 1.54) is 5.56 Å². The molecular formula is C29H39N5O2. The topological polar surface area (TPSA) is 79.3 Å². The maximum Gasteiger partial charge on any atom is 0.322 e. The van der Waals surface area contributed by atoms with Gasteiger partial charge >= 0.3 is 6.03 Å². The predicted octanol–water partition coefficient (Wildman–Crippen LogP) is 6.17. The first kappa shape index (κ1) is 27.0. The van der Waals surface area contributed by atoms with Gasteiger partial charge < -0.3 is 15.5 Å². The number of rotatable bonds is 8. The number of carbonyl (C=O) groups excluding carboxylic acids is 2. The third-order valence-electron chi connectivity index (χ3n) is 5.81. The summed E-state index contributed by atoms with van der Waals surface area (Å²) in [5.41, 5.74) is 4.56. The number of nitrogens with one attached hydrogen (secondary N) is 2. The van der Waals surface area contributed by atoms with Crippen LogP contribution < -0.4 is 10.6 Å². The Morgan fingerprint density at radius 2 is 1.72 bits per heavy atom. The molecule has 0 radical (unpaired) electrons. The standard InChI is InChI=1S/C29H39N5O2/c1-8-22-12-14-23(15-13-22)30-28(36)33(18-20(2)3)19-27(35)31-26-17-25(29(5,6)7)32-34(26)24-11-9-10-21(4)16-24/h9-17,20H,8,18-19H2,1-7H3,(H,30,36)(H,31,35). The van der Waals surface area contributed by atoms with Gasteiger partial charge in [-0.25, -0.2) is 9.48 Å². The molecule has 2 N–H and O–H groups in total. The van der Waals surface area contributed by atoms with Crippen molar-refractivity contribution in [1.82, 2.24) is 14.7 Å². The van der Waals surface area contributed by atoms with E-state index < -0.39 is 0 Å². The minimum absolute atomic E-state index is 0.0685. The molecule has 3 amide bonds. The zero-order valence-corrected chi connectivity index (χ0v) is 22.6. The summed E-state index contributed by atoms with van der Waals surface area (Å²) >= 11 is 0. The Morgan fingerprint density at radius 3 is 2.31 bits per heavy atom. The van der Waals surface area contributed by atoms with Crippen LogP contribution in [0.3, 0.4) is 0 Å². The molecule has 3 aromatic rings. The van der Waals surface area contributed by atoms with Crippen LogP contribution >= 0.6 is 0 Å². The minimum atomic E-state index is -0.300. The molecule has 0 aliphatic rings. The number of hydrogen-bond acceptors (Lipinski definition) is 3. The second-order valence-electron chi connectivity index (χ2n) is 10.7. The van der Waals surface area contributed by atoms with E-state index in [2.05, 4.69) is 38.3 Å². The second-order valence-corrected chi connectivity index (χ2v) is 10.7. The lowest BCUT2D eigenvalue weighted by Crippen LogP contribution is -2.42. The van der Waals surface area contributed by atoms with E-state index in [1.807, 2.05) is 75.4 Å². The summed E-state index contributed by atoms with van der Waals surface area (Å²) in [6.07, 6.45) is 0.934. The molecule has 0 aliphatic carbocycles. The third-order valence-corrected chi connectivity index (χ3v) is 5.81. The molecule has 1 aromatic heterocycles. The van der Waals surface area contributed by atoms with Crippen molar-refractivity contribution < 1.29 is 9.59 Å². The van der Waals surface area contributed by atoms with E-state index in [-0.39, 0.29) is 29.8 Å². The van der Waals surface area contributed by atoms with Crippen LogP contribution in [0.15, 0.2) is 54.6 Å². The van der Waals surface area contributed by atoms with Gasteiger partial charge in [-0.05, 0) is 54.7 Å². The molecule has 0 fully saturated rings. The van der Waals surface area contributed by atoms with Crippen molar-refractivity contribution >= 4 is 23.4 Å². The van der Waals surface area contributed by atoms with Gasteiger partial charge in [0.15, 0.2) is 0 Å². The highest BCUT2D eigenvalue weighted by molar-refractivity contribution is 5.96. The second kappa shape index (κ2) is 11.4. The highest BCUT2D eigenvalue weighted by Gasteiger charge is 2.23. The van der Waals surface area contributed by atoms with Gasteiger partial charge in [-0.3, -0.25) is 4.79 Å². The Balaban J connectivity index is 1.80. The predicted molar refractivity (Wildman–Crippen MR) is 147 cm³/mol. The van der Waals surface area contributed by atoms with Gasteiger partial charge in [0.1, 0.15) is 12.4 Å². The third kappa shape index (κ3) is 7.20. The van der Waals surface area contributed by atoms with Crippen molar-refractivity contribution in [3.05, 3.63) is 71.4 Å². The molecule has 7 nitrogen and oxygen atoms in total. The van der Waals surface area contributed by atoms with Crippen LogP contribution in [0.25, 0.3) is 5.69 Å². The lowest BCUT2D eigenvalue weighted by molar-refractivity contribution is -0.116. The van der Waals surface area contributed by atoms with E-state index in [0.717, 1.165) is 23.4 Å². The van der Waals surface area contributed by atoms with Gasteiger partial charge in [0.25, 0.3) is 0 Å². The van der Waals surface area contributed by atoms with Crippen molar-refractivity contribution in [2.24, 2.45) is 5.92 Å². The molecule has 0 saturated heterocycles. The molecule has 3 rings (SSSR count). The Kier molecular flexibility index (Phi) is 8.56. The normalized spacial score (nSPS) is 11.4. The number of urea groups is 1. The fourth-order valence-corrected chi connectivity index (χ4v) is 3.84. The Hall–Kier alpha value is -3.61.